The lowest BCUT2D eigenvalue weighted by molar-refractivity contribution is -0.136. The zero-order valence-electron chi connectivity index (χ0n) is 14.1. The number of amides is 1. The van der Waals surface area contributed by atoms with Gasteiger partial charge < -0.3 is 10.2 Å². The van der Waals surface area contributed by atoms with Gasteiger partial charge in [-0.05, 0) is 60.4 Å². The molecule has 124 valence electrons. The summed E-state index contributed by atoms with van der Waals surface area (Å²) in [5, 5.41) is 3.67. The Hall–Kier alpha value is -0.320. The fourth-order valence-corrected chi connectivity index (χ4v) is 3.98. The highest BCUT2D eigenvalue weighted by Crippen LogP contribution is 2.29. The summed E-state index contributed by atoms with van der Waals surface area (Å²) < 4.78 is 0. The molecule has 0 radical (unpaired) electrons. The Bertz CT molecular complexity index is 328. The molecule has 2 atom stereocenters. The van der Waals surface area contributed by atoms with Gasteiger partial charge in [-0.1, -0.05) is 0 Å². The van der Waals surface area contributed by atoms with Crippen molar-refractivity contribution in [3.63, 3.8) is 0 Å². The van der Waals surface area contributed by atoms with Gasteiger partial charge in [0.05, 0.1) is 6.54 Å². The average molecular weight is 318 g/mol. The van der Waals surface area contributed by atoms with Gasteiger partial charge in [-0.2, -0.15) is 0 Å². The van der Waals surface area contributed by atoms with Crippen LogP contribution in [-0.4, -0.2) is 59.5 Å². The molecule has 0 aliphatic carbocycles. The van der Waals surface area contributed by atoms with Crippen molar-refractivity contribution in [1.82, 2.24) is 15.1 Å². The molecular weight excluding hydrogens is 286 g/mol. The Morgan fingerprint density at radius 1 is 1.10 bits per heavy atom. The van der Waals surface area contributed by atoms with E-state index in [0.29, 0.717) is 24.7 Å². The highest BCUT2D eigenvalue weighted by Gasteiger charge is 2.35. The highest BCUT2D eigenvalue weighted by molar-refractivity contribution is 5.85. The monoisotopic (exact) mass is 317 g/mol. The van der Waals surface area contributed by atoms with Crippen LogP contribution in [0.5, 0.6) is 0 Å². The quantitative estimate of drug-likeness (QED) is 0.845. The fourth-order valence-electron chi connectivity index (χ4n) is 3.98. The molecule has 1 amide bonds. The molecule has 0 aromatic rings. The van der Waals surface area contributed by atoms with Crippen LogP contribution in [-0.2, 0) is 4.79 Å². The van der Waals surface area contributed by atoms with Crippen molar-refractivity contribution in [2.24, 2.45) is 0 Å². The highest BCUT2D eigenvalue weighted by atomic mass is 35.5. The van der Waals surface area contributed by atoms with E-state index in [-0.39, 0.29) is 30.4 Å². The summed E-state index contributed by atoms with van der Waals surface area (Å²) in [6.45, 7) is 8.96. The molecule has 2 rings (SSSR count). The summed E-state index contributed by atoms with van der Waals surface area (Å²) in [4.78, 5) is 16.8. The van der Waals surface area contributed by atoms with E-state index >= 15 is 0 Å². The molecule has 2 heterocycles. The fraction of sp³-hybridized carbons (Fsp3) is 0.938. The molecule has 2 fully saturated rings. The minimum atomic E-state index is 0. The summed E-state index contributed by atoms with van der Waals surface area (Å²) in [6.07, 6.45) is 5.02. The molecule has 5 heteroatoms. The van der Waals surface area contributed by atoms with Crippen molar-refractivity contribution >= 4 is 18.3 Å². The summed E-state index contributed by atoms with van der Waals surface area (Å²) >= 11 is 0. The third-order valence-electron chi connectivity index (χ3n) is 4.86. The minimum Gasteiger partial charge on any atom is -0.337 e. The standard InChI is InChI=1S/C16H31N3O.ClH/c1-11(2)19(12(3)4)16(20)10-18(5)15-8-13-6-7-14(9-15)17-13;/h11-15,17H,6-10H2,1-5H3;1H. The number of nitrogens with one attached hydrogen (secondary N) is 1. The van der Waals surface area contributed by atoms with E-state index in [0.717, 1.165) is 0 Å². The van der Waals surface area contributed by atoms with Crippen molar-refractivity contribution in [3.05, 3.63) is 0 Å². The number of rotatable bonds is 5. The minimum absolute atomic E-state index is 0. The molecule has 0 aromatic heterocycles. The SMILES string of the molecule is CC(C)N(C(=O)CN(C)C1CC2CCC(C1)N2)C(C)C.Cl. The van der Waals surface area contributed by atoms with Gasteiger partial charge in [-0.3, -0.25) is 9.69 Å². The van der Waals surface area contributed by atoms with E-state index in [1.807, 2.05) is 4.90 Å². The van der Waals surface area contributed by atoms with Gasteiger partial charge in [0.25, 0.3) is 0 Å². The third kappa shape index (κ3) is 4.57. The predicted octanol–water partition coefficient (Wildman–Crippen LogP) is 2.27. The van der Waals surface area contributed by atoms with Crippen LogP contribution in [0.2, 0.25) is 0 Å². The van der Waals surface area contributed by atoms with Crippen molar-refractivity contribution < 1.29 is 4.79 Å². The van der Waals surface area contributed by atoms with Crippen LogP contribution < -0.4 is 5.32 Å². The number of hydrogen-bond donors (Lipinski definition) is 1. The molecule has 21 heavy (non-hydrogen) atoms. The van der Waals surface area contributed by atoms with Crippen LogP contribution in [0.15, 0.2) is 0 Å². The molecule has 2 saturated heterocycles. The Morgan fingerprint density at radius 3 is 2.00 bits per heavy atom. The van der Waals surface area contributed by atoms with Crippen molar-refractivity contribution in [1.29, 1.82) is 0 Å². The summed E-state index contributed by atoms with van der Waals surface area (Å²) in [5.74, 6) is 0.267. The van der Waals surface area contributed by atoms with Gasteiger partial charge in [0.2, 0.25) is 5.91 Å². The van der Waals surface area contributed by atoms with Crippen LogP contribution in [0.25, 0.3) is 0 Å². The van der Waals surface area contributed by atoms with Gasteiger partial charge >= 0.3 is 0 Å². The number of nitrogens with zero attached hydrogens (tertiary/aromatic N) is 2. The zero-order chi connectivity index (χ0) is 14.9. The van der Waals surface area contributed by atoms with Gasteiger partial charge in [0.15, 0.2) is 0 Å². The topological polar surface area (TPSA) is 35.6 Å². The van der Waals surface area contributed by atoms with E-state index in [1.54, 1.807) is 0 Å². The van der Waals surface area contributed by atoms with Crippen LogP contribution >= 0.6 is 12.4 Å². The number of hydrogen-bond acceptors (Lipinski definition) is 3. The Morgan fingerprint density at radius 2 is 1.57 bits per heavy atom. The largest absolute Gasteiger partial charge is 0.337 e. The maximum Gasteiger partial charge on any atom is 0.237 e. The van der Waals surface area contributed by atoms with E-state index in [4.69, 9.17) is 0 Å². The molecule has 0 saturated carbocycles. The summed E-state index contributed by atoms with van der Waals surface area (Å²) in [5.41, 5.74) is 0. The maximum atomic E-state index is 12.5. The third-order valence-corrected chi connectivity index (χ3v) is 4.86. The number of fused-ring (bicyclic) bond motifs is 2. The van der Waals surface area contributed by atoms with Gasteiger partial charge in [0, 0.05) is 30.2 Å². The number of carbonyl (C=O) groups excluding carboxylic acids is 1. The lowest BCUT2D eigenvalue weighted by atomic mass is 9.98. The van der Waals surface area contributed by atoms with Crippen molar-refractivity contribution in [2.45, 2.75) is 83.6 Å². The summed E-state index contributed by atoms with van der Waals surface area (Å²) in [7, 11) is 2.12. The predicted molar refractivity (Wildman–Crippen MR) is 90.0 cm³/mol. The molecular formula is C16H32ClN3O. The van der Waals surface area contributed by atoms with Crippen LogP contribution in [0.1, 0.15) is 53.4 Å². The van der Waals surface area contributed by atoms with Crippen LogP contribution in [0.3, 0.4) is 0 Å². The van der Waals surface area contributed by atoms with E-state index in [9.17, 15) is 4.79 Å². The van der Waals surface area contributed by atoms with Crippen LogP contribution in [0, 0.1) is 0 Å². The lowest BCUT2D eigenvalue weighted by Crippen LogP contribution is -2.51. The second-order valence-corrected chi connectivity index (χ2v) is 7.17. The first-order valence-electron chi connectivity index (χ1n) is 8.16. The lowest BCUT2D eigenvalue weighted by Gasteiger charge is -2.37. The van der Waals surface area contributed by atoms with Gasteiger partial charge in [-0.25, -0.2) is 0 Å². The number of piperidine rings is 1. The van der Waals surface area contributed by atoms with E-state index in [2.05, 4.69) is 45.0 Å². The Labute approximate surface area is 136 Å². The molecule has 4 nitrogen and oxygen atoms in total. The Balaban J connectivity index is 0.00000220. The normalized spacial score (nSPS) is 28.1. The number of likely N-dealkylation sites (N-methyl/N-ethyl adjacent to an activating group) is 1. The average Bonchev–Trinajstić information content (AvgIpc) is 2.66. The Kier molecular flexibility index (Phi) is 6.95. The number of carbonyl (C=O) groups is 1. The van der Waals surface area contributed by atoms with E-state index in [1.165, 1.54) is 25.7 Å². The molecule has 0 aromatic carbocycles. The van der Waals surface area contributed by atoms with Gasteiger partial charge in [0.1, 0.15) is 0 Å². The first-order valence-corrected chi connectivity index (χ1v) is 8.16. The van der Waals surface area contributed by atoms with Crippen molar-refractivity contribution in [3.8, 4) is 0 Å². The second kappa shape index (κ2) is 7.80. The molecule has 2 aliphatic rings. The molecule has 0 spiro atoms. The van der Waals surface area contributed by atoms with Gasteiger partial charge in [-0.15, -0.1) is 12.4 Å². The van der Waals surface area contributed by atoms with E-state index < -0.39 is 0 Å². The molecule has 2 unspecified atom stereocenters. The smallest absolute Gasteiger partial charge is 0.237 e. The summed E-state index contributed by atoms with van der Waals surface area (Å²) in [6, 6.07) is 2.49. The maximum absolute atomic E-state index is 12.5. The first-order chi connectivity index (χ1) is 9.38. The molecule has 2 bridgehead atoms. The van der Waals surface area contributed by atoms with Crippen LogP contribution in [0.4, 0.5) is 0 Å². The molecule has 1 N–H and O–H groups in total. The van der Waals surface area contributed by atoms with Crippen molar-refractivity contribution in [2.75, 3.05) is 13.6 Å². The molecule has 2 aliphatic heterocycles. The first kappa shape index (κ1) is 18.7. The second-order valence-electron chi connectivity index (χ2n) is 7.17. The zero-order valence-corrected chi connectivity index (χ0v) is 14.9. The number of halogens is 1.